The van der Waals surface area contributed by atoms with Crippen molar-refractivity contribution in [1.29, 1.82) is 0 Å². The van der Waals surface area contributed by atoms with Crippen molar-refractivity contribution in [2.45, 2.75) is 77.8 Å². The molecule has 0 amide bonds. The second kappa shape index (κ2) is 11.7. The summed E-state index contributed by atoms with van der Waals surface area (Å²) in [5.41, 5.74) is 4.02. The lowest BCUT2D eigenvalue weighted by atomic mass is 10.9. The first-order chi connectivity index (χ1) is 10.9. The van der Waals surface area contributed by atoms with Gasteiger partial charge in [-0.3, -0.25) is 0 Å². The van der Waals surface area contributed by atoms with Gasteiger partial charge < -0.3 is 12.3 Å². The minimum atomic E-state index is -2.23. The van der Waals surface area contributed by atoms with Crippen molar-refractivity contribution in [2.75, 3.05) is 0 Å². The van der Waals surface area contributed by atoms with Crippen LogP contribution in [0.15, 0.2) is 24.6 Å². The molecule has 0 atom stereocenters. The first kappa shape index (κ1) is 23.2. The van der Waals surface area contributed by atoms with Gasteiger partial charge in [0.2, 0.25) is 18.1 Å². The summed E-state index contributed by atoms with van der Waals surface area (Å²) in [6.07, 6.45) is 0. The van der Waals surface area contributed by atoms with Crippen molar-refractivity contribution < 1.29 is 12.3 Å². The van der Waals surface area contributed by atoms with E-state index in [0.717, 1.165) is 36.3 Å². The van der Waals surface area contributed by atoms with Crippen LogP contribution < -0.4 is 0 Å². The Bertz CT molecular complexity index is 312. The molecule has 0 spiro atoms. The molecule has 7 heteroatoms. The van der Waals surface area contributed by atoms with Gasteiger partial charge in [-0.1, -0.05) is 52.9 Å². The SMILES string of the molecule is C=C[Si](CC)O[Si](CC)(CC)O[Si](CC)(CC)O[Si](C=C)CC. The predicted molar refractivity (Wildman–Crippen MR) is 110 cm³/mol. The summed E-state index contributed by atoms with van der Waals surface area (Å²) in [7, 11) is -6.40. The molecule has 0 aliphatic carbocycles. The molecule has 0 unspecified atom stereocenters. The van der Waals surface area contributed by atoms with E-state index in [1.54, 1.807) is 0 Å². The monoisotopic (exact) mass is 388 g/mol. The molecule has 0 aliphatic heterocycles. The highest BCUT2D eigenvalue weighted by molar-refractivity contribution is 6.87. The van der Waals surface area contributed by atoms with Crippen molar-refractivity contribution in [3.63, 3.8) is 0 Å². The Labute approximate surface area is 150 Å². The molecule has 3 nitrogen and oxygen atoms in total. The fourth-order valence-electron chi connectivity index (χ4n) is 2.45. The zero-order valence-corrected chi connectivity index (χ0v) is 20.0. The van der Waals surface area contributed by atoms with Crippen LogP contribution in [0.25, 0.3) is 0 Å². The molecule has 0 aromatic carbocycles. The molecule has 0 aromatic heterocycles. The first-order valence-corrected chi connectivity index (χ1v) is 16.8. The minimum absolute atomic E-state index is 0.975. The lowest BCUT2D eigenvalue weighted by molar-refractivity contribution is 0.316. The van der Waals surface area contributed by atoms with Crippen LogP contribution in [0.1, 0.15) is 41.5 Å². The molecule has 0 aromatic rings. The summed E-state index contributed by atoms with van der Waals surface area (Å²) in [6, 6.07) is 5.99. The van der Waals surface area contributed by atoms with Gasteiger partial charge in [-0.2, -0.15) is 0 Å². The van der Waals surface area contributed by atoms with Gasteiger partial charge in [-0.25, -0.2) is 0 Å². The first-order valence-electron chi connectivity index (χ1n) is 8.98. The van der Waals surface area contributed by atoms with Crippen molar-refractivity contribution in [3.05, 3.63) is 24.6 Å². The summed E-state index contributed by atoms with van der Waals surface area (Å²) in [5.74, 6) is 0. The minimum Gasteiger partial charge on any atom is -0.432 e. The van der Waals surface area contributed by atoms with Crippen LogP contribution >= 0.6 is 0 Å². The van der Waals surface area contributed by atoms with E-state index in [2.05, 4.69) is 54.7 Å². The molecule has 0 aliphatic rings. The molecule has 0 saturated carbocycles. The Morgan fingerprint density at radius 2 is 1.00 bits per heavy atom. The number of hydrogen-bond donors (Lipinski definition) is 0. The van der Waals surface area contributed by atoms with E-state index in [-0.39, 0.29) is 0 Å². The maximum absolute atomic E-state index is 6.88. The molecule has 134 valence electrons. The third-order valence-electron chi connectivity index (χ3n) is 4.31. The molecule has 0 N–H and O–H groups in total. The highest BCUT2D eigenvalue weighted by Gasteiger charge is 2.46. The van der Waals surface area contributed by atoms with Gasteiger partial charge in [0, 0.05) is 0 Å². The molecule has 0 heterocycles. The van der Waals surface area contributed by atoms with Gasteiger partial charge in [0.25, 0.3) is 0 Å². The van der Waals surface area contributed by atoms with Gasteiger partial charge in [-0.05, 0) is 36.3 Å². The van der Waals surface area contributed by atoms with Crippen molar-refractivity contribution in [1.82, 2.24) is 0 Å². The van der Waals surface area contributed by atoms with Gasteiger partial charge >= 0.3 is 17.1 Å². The van der Waals surface area contributed by atoms with E-state index in [9.17, 15) is 0 Å². The predicted octanol–water partition coefficient (Wildman–Crippen LogP) is 5.47. The Hall–Kier alpha value is 0.228. The zero-order valence-electron chi connectivity index (χ0n) is 16.0. The van der Waals surface area contributed by atoms with E-state index >= 15 is 0 Å². The van der Waals surface area contributed by atoms with Crippen molar-refractivity contribution in [3.8, 4) is 0 Å². The lowest BCUT2D eigenvalue weighted by Crippen LogP contribution is -2.57. The molecule has 0 bridgehead atoms. The molecule has 0 fully saturated rings. The second-order valence-electron chi connectivity index (χ2n) is 5.59. The molecule has 0 rings (SSSR count). The second-order valence-corrected chi connectivity index (χ2v) is 18.6. The maximum Gasteiger partial charge on any atom is 0.318 e. The third-order valence-corrected chi connectivity index (χ3v) is 19.0. The number of rotatable bonds is 14. The van der Waals surface area contributed by atoms with Crippen molar-refractivity contribution >= 4 is 35.2 Å². The summed E-state index contributed by atoms with van der Waals surface area (Å²) >= 11 is 0. The fraction of sp³-hybridized carbons (Fsp3) is 0.750. The summed E-state index contributed by atoms with van der Waals surface area (Å²) in [6.45, 7) is 21.1. The Morgan fingerprint density at radius 3 is 1.17 bits per heavy atom. The van der Waals surface area contributed by atoms with Crippen LogP contribution in [0.5, 0.6) is 0 Å². The van der Waals surface area contributed by atoms with E-state index in [0.29, 0.717) is 0 Å². The standard InChI is InChI=1S/C16H36O3Si4/c1-9-20(10-2)17-22(13-5,14-6)19-23(15-7,16-8)18-21(11-3)12-4/h9,11H,1,3,10,12-16H2,2,4-8H3. The van der Waals surface area contributed by atoms with Crippen LogP contribution in [-0.4, -0.2) is 35.2 Å². The molecule has 0 saturated heterocycles. The average molecular weight is 389 g/mol. The van der Waals surface area contributed by atoms with Crippen LogP contribution in [0.2, 0.25) is 36.3 Å². The fourth-order valence-corrected chi connectivity index (χ4v) is 18.1. The maximum atomic E-state index is 6.88. The highest BCUT2D eigenvalue weighted by atomic mass is 28.5. The molecule has 23 heavy (non-hydrogen) atoms. The summed E-state index contributed by atoms with van der Waals surface area (Å²) in [5, 5.41) is 0. The van der Waals surface area contributed by atoms with Crippen LogP contribution in [0.4, 0.5) is 0 Å². The Morgan fingerprint density at radius 1 is 0.696 bits per heavy atom. The van der Waals surface area contributed by atoms with Gasteiger partial charge in [-0.15, -0.1) is 13.2 Å². The lowest BCUT2D eigenvalue weighted by Gasteiger charge is -2.41. The highest BCUT2D eigenvalue weighted by Crippen LogP contribution is 2.31. The van der Waals surface area contributed by atoms with E-state index < -0.39 is 35.2 Å². The van der Waals surface area contributed by atoms with Crippen LogP contribution in [0, 0.1) is 0 Å². The van der Waals surface area contributed by atoms with Crippen LogP contribution in [-0.2, 0) is 12.3 Å². The average Bonchev–Trinajstić information content (AvgIpc) is 2.62. The normalized spacial score (nSPS) is 12.9. The smallest absolute Gasteiger partial charge is 0.318 e. The summed E-state index contributed by atoms with van der Waals surface area (Å²) in [4.78, 5) is 0. The van der Waals surface area contributed by atoms with Gasteiger partial charge in [0.1, 0.15) is 0 Å². The molecular formula is C16H36O3Si4. The Balaban J connectivity index is 5.43. The van der Waals surface area contributed by atoms with Gasteiger partial charge in [0.15, 0.2) is 0 Å². The van der Waals surface area contributed by atoms with Crippen molar-refractivity contribution in [2.24, 2.45) is 0 Å². The van der Waals surface area contributed by atoms with E-state index in [4.69, 9.17) is 12.3 Å². The zero-order chi connectivity index (χ0) is 17.9. The molecular weight excluding hydrogens is 353 g/mol. The topological polar surface area (TPSA) is 27.7 Å². The van der Waals surface area contributed by atoms with E-state index in [1.807, 2.05) is 11.4 Å². The Kier molecular flexibility index (Phi) is 11.8. The third kappa shape index (κ3) is 6.93. The largest absolute Gasteiger partial charge is 0.432 e. The summed E-state index contributed by atoms with van der Waals surface area (Å²) < 4.78 is 20.0. The van der Waals surface area contributed by atoms with Gasteiger partial charge in [0.05, 0.1) is 0 Å². The quantitative estimate of drug-likeness (QED) is 0.369. The number of hydrogen-bond acceptors (Lipinski definition) is 3. The van der Waals surface area contributed by atoms with E-state index in [1.165, 1.54) is 0 Å². The molecule has 2 radical (unpaired) electrons. The van der Waals surface area contributed by atoms with Crippen LogP contribution in [0.3, 0.4) is 0 Å².